The van der Waals surface area contributed by atoms with Gasteiger partial charge in [-0.2, -0.15) is 0 Å². The second-order valence-electron chi connectivity index (χ2n) is 4.56. The van der Waals surface area contributed by atoms with Crippen LogP contribution in [0.25, 0.3) is 0 Å². The maximum absolute atomic E-state index is 4.09. The molecular formula is C12H18N2. The van der Waals surface area contributed by atoms with Crippen LogP contribution in [0.2, 0.25) is 0 Å². The summed E-state index contributed by atoms with van der Waals surface area (Å²) in [7, 11) is 0. The van der Waals surface area contributed by atoms with Crippen LogP contribution in [0.1, 0.15) is 26.7 Å². The van der Waals surface area contributed by atoms with Crippen molar-refractivity contribution in [3.8, 4) is 0 Å². The van der Waals surface area contributed by atoms with Crippen LogP contribution in [0.5, 0.6) is 0 Å². The maximum atomic E-state index is 4.09. The van der Waals surface area contributed by atoms with Crippen molar-refractivity contribution in [2.24, 2.45) is 11.8 Å². The summed E-state index contributed by atoms with van der Waals surface area (Å²) in [6, 6.07) is 4.72. The van der Waals surface area contributed by atoms with E-state index >= 15 is 0 Å². The van der Waals surface area contributed by atoms with E-state index in [0.29, 0.717) is 6.04 Å². The summed E-state index contributed by atoms with van der Waals surface area (Å²) in [5, 5.41) is 3.50. The number of nitrogens with one attached hydrogen (secondary N) is 1. The fraction of sp³-hybridized carbons (Fsp3) is 0.583. The van der Waals surface area contributed by atoms with Crippen LogP contribution in [0.3, 0.4) is 0 Å². The molecule has 1 N–H and O–H groups in total. The molecule has 1 aromatic heterocycles. The molecule has 76 valence electrons. The zero-order chi connectivity index (χ0) is 9.97. The Morgan fingerprint density at radius 3 is 2.79 bits per heavy atom. The Morgan fingerprint density at radius 1 is 1.43 bits per heavy atom. The van der Waals surface area contributed by atoms with Crippen molar-refractivity contribution in [1.29, 1.82) is 0 Å². The van der Waals surface area contributed by atoms with Crippen molar-refractivity contribution in [1.82, 2.24) is 4.98 Å². The molecule has 0 saturated heterocycles. The fourth-order valence-corrected chi connectivity index (χ4v) is 2.01. The van der Waals surface area contributed by atoms with Crippen LogP contribution < -0.4 is 5.32 Å². The van der Waals surface area contributed by atoms with E-state index in [1.807, 2.05) is 18.5 Å². The lowest BCUT2D eigenvalue weighted by molar-refractivity contribution is 0.212. The monoisotopic (exact) mass is 190 g/mol. The maximum Gasteiger partial charge on any atom is 0.0528 e. The first-order valence-electron chi connectivity index (χ1n) is 5.42. The van der Waals surface area contributed by atoms with E-state index in [1.54, 1.807) is 0 Å². The first-order chi connectivity index (χ1) is 6.75. The average Bonchev–Trinajstić information content (AvgIpc) is 2.12. The topological polar surface area (TPSA) is 24.9 Å². The molecule has 2 rings (SSSR count). The SMILES string of the molecule is CC(C)C1CC(Nc2cccnc2)C1. The Kier molecular flexibility index (Phi) is 2.71. The first kappa shape index (κ1) is 9.50. The fourth-order valence-electron chi connectivity index (χ4n) is 2.01. The van der Waals surface area contributed by atoms with E-state index in [-0.39, 0.29) is 0 Å². The van der Waals surface area contributed by atoms with Gasteiger partial charge in [0.1, 0.15) is 0 Å². The normalized spacial score (nSPS) is 25.9. The molecule has 1 aliphatic carbocycles. The van der Waals surface area contributed by atoms with Crippen molar-refractivity contribution in [3.05, 3.63) is 24.5 Å². The van der Waals surface area contributed by atoms with Crippen molar-refractivity contribution < 1.29 is 0 Å². The molecule has 0 aliphatic heterocycles. The van der Waals surface area contributed by atoms with Gasteiger partial charge in [0.05, 0.1) is 5.69 Å². The molecule has 0 aromatic carbocycles. The molecule has 0 amide bonds. The highest BCUT2D eigenvalue weighted by Gasteiger charge is 2.30. The predicted octanol–water partition coefficient (Wildman–Crippen LogP) is 2.93. The van der Waals surface area contributed by atoms with Crippen molar-refractivity contribution in [3.63, 3.8) is 0 Å². The Balaban J connectivity index is 1.80. The van der Waals surface area contributed by atoms with Gasteiger partial charge in [-0.15, -0.1) is 0 Å². The average molecular weight is 190 g/mol. The number of nitrogens with zero attached hydrogens (tertiary/aromatic N) is 1. The Bertz CT molecular complexity index is 276. The van der Waals surface area contributed by atoms with E-state index < -0.39 is 0 Å². The molecule has 1 fully saturated rings. The van der Waals surface area contributed by atoms with E-state index in [9.17, 15) is 0 Å². The van der Waals surface area contributed by atoms with E-state index in [1.165, 1.54) is 12.8 Å². The smallest absolute Gasteiger partial charge is 0.0528 e. The summed E-state index contributed by atoms with van der Waals surface area (Å²) in [6.45, 7) is 4.62. The van der Waals surface area contributed by atoms with Gasteiger partial charge in [0.2, 0.25) is 0 Å². The Labute approximate surface area is 85.7 Å². The van der Waals surface area contributed by atoms with Crippen molar-refractivity contribution in [2.45, 2.75) is 32.7 Å². The second kappa shape index (κ2) is 3.99. The number of rotatable bonds is 3. The minimum Gasteiger partial charge on any atom is -0.381 e. The molecule has 2 nitrogen and oxygen atoms in total. The molecule has 14 heavy (non-hydrogen) atoms. The van der Waals surface area contributed by atoms with Crippen molar-refractivity contribution >= 4 is 5.69 Å². The summed E-state index contributed by atoms with van der Waals surface area (Å²) in [6.07, 6.45) is 6.32. The third-order valence-electron chi connectivity index (χ3n) is 3.15. The molecule has 0 bridgehead atoms. The lowest BCUT2D eigenvalue weighted by Crippen LogP contribution is -2.37. The van der Waals surface area contributed by atoms with Crippen LogP contribution in [-0.2, 0) is 0 Å². The standard InChI is InChI=1S/C12H18N2/c1-9(2)10-6-12(7-10)14-11-4-3-5-13-8-11/h3-5,8-10,12,14H,6-7H2,1-2H3. The summed E-state index contributed by atoms with van der Waals surface area (Å²) in [5.74, 6) is 1.76. The van der Waals surface area contributed by atoms with E-state index in [4.69, 9.17) is 0 Å². The summed E-state index contributed by atoms with van der Waals surface area (Å²) < 4.78 is 0. The van der Waals surface area contributed by atoms with Gasteiger partial charge in [0.25, 0.3) is 0 Å². The lowest BCUT2D eigenvalue weighted by atomic mass is 9.73. The number of anilines is 1. The molecule has 2 heteroatoms. The zero-order valence-electron chi connectivity index (χ0n) is 8.90. The van der Waals surface area contributed by atoms with Gasteiger partial charge >= 0.3 is 0 Å². The highest BCUT2D eigenvalue weighted by atomic mass is 14.9. The van der Waals surface area contributed by atoms with E-state index in [2.05, 4.69) is 30.2 Å². The Hall–Kier alpha value is -1.05. The summed E-state index contributed by atoms with van der Waals surface area (Å²) >= 11 is 0. The van der Waals surface area contributed by atoms with Crippen LogP contribution in [0, 0.1) is 11.8 Å². The molecule has 0 unspecified atom stereocenters. The third kappa shape index (κ3) is 2.06. The van der Waals surface area contributed by atoms with Gasteiger partial charge in [-0.25, -0.2) is 0 Å². The zero-order valence-corrected chi connectivity index (χ0v) is 8.90. The van der Waals surface area contributed by atoms with Gasteiger partial charge in [-0.3, -0.25) is 4.98 Å². The van der Waals surface area contributed by atoms with Gasteiger partial charge in [-0.05, 0) is 36.8 Å². The highest BCUT2D eigenvalue weighted by Crippen LogP contribution is 2.35. The minimum absolute atomic E-state index is 0.673. The molecule has 0 spiro atoms. The van der Waals surface area contributed by atoms with E-state index in [0.717, 1.165) is 17.5 Å². The molecule has 1 heterocycles. The number of pyridine rings is 1. The largest absolute Gasteiger partial charge is 0.381 e. The molecule has 0 radical (unpaired) electrons. The second-order valence-corrected chi connectivity index (χ2v) is 4.56. The van der Waals surface area contributed by atoms with Crippen LogP contribution in [0.15, 0.2) is 24.5 Å². The first-order valence-corrected chi connectivity index (χ1v) is 5.42. The quantitative estimate of drug-likeness (QED) is 0.792. The summed E-state index contributed by atoms with van der Waals surface area (Å²) in [4.78, 5) is 4.09. The van der Waals surface area contributed by atoms with Crippen molar-refractivity contribution in [2.75, 3.05) is 5.32 Å². The Morgan fingerprint density at radius 2 is 2.21 bits per heavy atom. The van der Waals surface area contributed by atoms with Gasteiger partial charge in [0, 0.05) is 18.4 Å². The predicted molar refractivity (Wildman–Crippen MR) is 59.2 cm³/mol. The molecule has 1 saturated carbocycles. The summed E-state index contributed by atoms with van der Waals surface area (Å²) in [5.41, 5.74) is 1.15. The molecule has 0 atom stereocenters. The molecule has 1 aromatic rings. The van der Waals surface area contributed by atoms with Gasteiger partial charge in [-0.1, -0.05) is 13.8 Å². The highest BCUT2D eigenvalue weighted by molar-refractivity contribution is 5.41. The molecule has 1 aliphatic rings. The van der Waals surface area contributed by atoms with Crippen LogP contribution in [0.4, 0.5) is 5.69 Å². The van der Waals surface area contributed by atoms with Crippen LogP contribution in [-0.4, -0.2) is 11.0 Å². The number of aromatic nitrogens is 1. The number of hydrogen-bond donors (Lipinski definition) is 1. The minimum atomic E-state index is 0.673. The number of hydrogen-bond acceptors (Lipinski definition) is 2. The van der Waals surface area contributed by atoms with Gasteiger partial charge < -0.3 is 5.32 Å². The van der Waals surface area contributed by atoms with Crippen LogP contribution >= 0.6 is 0 Å². The lowest BCUT2D eigenvalue weighted by Gasteiger charge is -2.39. The third-order valence-corrected chi connectivity index (χ3v) is 3.15. The van der Waals surface area contributed by atoms with Gasteiger partial charge in [0.15, 0.2) is 0 Å². The molecular weight excluding hydrogens is 172 g/mol.